The fourth-order valence-corrected chi connectivity index (χ4v) is 2.41. The predicted octanol–water partition coefficient (Wildman–Crippen LogP) is 4.08. The topological polar surface area (TPSA) is 89.5 Å². The predicted molar refractivity (Wildman–Crippen MR) is 106 cm³/mol. The molecule has 28 heavy (non-hydrogen) atoms. The van der Waals surface area contributed by atoms with E-state index in [9.17, 15) is 19.2 Å². The lowest BCUT2D eigenvalue weighted by molar-refractivity contribution is -0.142. The van der Waals surface area contributed by atoms with E-state index in [0.717, 1.165) is 0 Å². The summed E-state index contributed by atoms with van der Waals surface area (Å²) in [5.41, 5.74) is 1.41. The minimum atomic E-state index is -0.623. The highest BCUT2D eigenvalue weighted by Gasteiger charge is 2.13. The second-order valence-corrected chi connectivity index (χ2v) is 6.43. The Labute approximate surface area is 167 Å². The zero-order valence-electron chi connectivity index (χ0n) is 15.4. The Morgan fingerprint density at radius 1 is 0.857 bits per heavy atom. The molecule has 2 rings (SSSR count). The van der Waals surface area contributed by atoms with Crippen LogP contribution in [0.25, 0.3) is 0 Å². The number of nitrogens with one attached hydrogen (secondary N) is 1. The first kappa shape index (κ1) is 21.3. The van der Waals surface area contributed by atoms with E-state index in [1.54, 1.807) is 55.5 Å². The summed E-state index contributed by atoms with van der Waals surface area (Å²) in [7, 11) is 0. The maximum absolute atomic E-state index is 12.1. The fraction of sp³-hybridized carbons (Fsp3) is 0.238. The van der Waals surface area contributed by atoms with Crippen molar-refractivity contribution in [3.8, 4) is 0 Å². The van der Waals surface area contributed by atoms with Crippen molar-refractivity contribution >= 4 is 40.7 Å². The average molecular weight is 402 g/mol. The molecular formula is C21H20ClNO5. The highest BCUT2D eigenvalue weighted by atomic mass is 35.5. The van der Waals surface area contributed by atoms with Crippen molar-refractivity contribution in [1.29, 1.82) is 0 Å². The van der Waals surface area contributed by atoms with Crippen LogP contribution in [-0.2, 0) is 14.3 Å². The number of rotatable bonds is 9. The lowest BCUT2D eigenvalue weighted by Crippen LogP contribution is -2.15. The largest absolute Gasteiger partial charge is 0.457 e. The molecule has 7 heteroatoms. The van der Waals surface area contributed by atoms with Crippen LogP contribution in [0, 0.1) is 0 Å². The Bertz CT molecular complexity index is 859. The smallest absolute Gasteiger partial charge is 0.306 e. The monoisotopic (exact) mass is 401 g/mol. The summed E-state index contributed by atoms with van der Waals surface area (Å²) in [6, 6.07) is 12.7. The first-order valence-electron chi connectivity index (χ1n) is 8.76. The van der Waals surface area contributed by atoms with Gasteiger partial charge in [0.1, 0.15) is 0 Å². The molecule has 0 saturated heterocycles. The zero-order valence-corrected chi connectivity index (χ0v) is 16.1. The molecule has 0 radical (unpaired) electrons. The molecule has 1 N–H and O–H groups in total. The van der Waals surface area contributed by atoms with Crippen LogP contribution in [0.5, 0.6) is 0 Å². The van der Waals surface area contributed by atoms with Crippen molar-refractivity contribution in [2.75, 3.05) is 11.9 Å². The molecule has 0 saturated carbocycles. The van der Waals surface area contributed by atoms with E-state index in [1.807, 2.05) is 0 Å². The quantitative estimate of drug-likeness (QED) is 0.505. The molecule has 0 aromatic heterocycles. The third-order valence-corrected chi connectivity index (χ3v) is 4.15. The van der Waals surface area contributed by atoms with Crippen LogP contribution in [-0.4, -0.2) is 30.0 Å². The van der Waals surface area contributed by atoms with Crippen molar-refractivity contribution in [3.05, 3.63) is 64.7 Å². The maximum Gasteiger partial charge on any atom is 0.306 e. The summed E-state index contributed by atoms with van der Waals surface area (Å²) in [4.78, 5) is 47.2. The average Bonchev–Trinajstić information content (AvgIpc) is 2.71. The van der Waals surface area contributed by atoms with Crippen molar-refractivity contribution in [3.63, 3.8) is 0 Å². The standard InChI is InChI=1S/C21H20ClNO5/c1-2-20(26)23-17-9-5-15(6-10-17)19(25)13-28-21(27)12-11-18(24)14-3-7-16(22)8-4-14/h3-10H,2,11-13H2,1H3,(H,23,26). The van der Waals surface area contributed by atoms with Gasteiger partial charge in [-0.3, -0.25) is 19.2 Å². The van der Waals surface area contributed by atoms with Gasteiger partial charge in [-0.05, 0) is 48.5 Å². The molecule has 2 aromatic rings. The van der Waals surface area contributed by atoms with E-state index in [1.165, 1.54) is 0 Å². The summed E-state index contributed by atoms with van der Waals surface area (Å²) < 4.78 is 4.94. The SMILES string of the molecule is CCC(=O)Nc1ccc(C(=O)COC(=O)CCC(=O)c2ccc(Cl)cc2)cc1. The van der Waals surface area contributed by atoms with E-state index in [0.29, 0.717) is 28.3 Å². The number of esters is 1. The Kier molecular flexibility index (Phi) is 7.89. The molecule has 0 bridgehead atoms. The summed E-state index contributed by atoms with van der Waals surface area (Å²) in [5, 5.41) is 3.20. The molecule has 0 aliphatic carbocycles. The van der Waals surface area contributed by atoms with E-state index >= 15 is 0 Å². The molecule has 6 nitrogen and oxygen atoms in total. The molecule has 146 valence electrons. The van der Waals surface area contributed by atoms with Gasteiger partial charge in [0, 0.05) is 34.7 Å². The highest BCUT2D eigenvalue weighted by Crippen LogP contribution is 2.13. The molecule has 1 amide bonds. The van der Waals surface area contributed by atoms with E-state index in [2.05, 4.69) is 5.32 Å². The third kappa shape index (κ3) is 6.63. The van der Waals surface area contributed by atoms with Gasteiger partial charge in [-0.15, -0.1) is 0 Å². The number of ketones is 2. The first-order valence-corrected chi connectivity index (χ1v) is 9.14. The number of Topliss-reactive ketones (excluding diaryl/α,β-unsaturated/α-hetero) is 2. The maximum atomic E-state index is 12.1. The summed E-state index contributed by atoms with van der Waals surface area (Å²) in [6.45, 7) is 1.33. The van der Waals surface area contributed by atoms with Crippen molar-refractivity contribution in [1.82, 2.24) is 0 Å². The van der Waals surface area contributed by atoms with Crippen LogP contribution in [0.1, 0.15) is 46.9 Å². The highest BCUT2D eigenvalue weighted by molar-refractivity contribution is 6.30. The number of halogens is 1. The molecule has 0 atom stereocenters. The van der Waals surface area contributed by atoms with Gasteiger partial charge in [0.25, 0.3) is 0 Å². The lowest BCUT2D eigenvalue weighted by Gasteiger charge is -2.06. The van der Waals surface area contributed by atoms with Crippen LogP contribution >= 0.6 is 11.6 Å². The van der Waals surface area contributed by atoms with Gasteiger partial charge < -0.3 is 10.1 Å². The molecular weight excluding hydrogens is 382 g/mol. The normalized spacial score (nSPS) is 10.2. The third-order valence-electron chi connectivity index (χ3n) is 3.90. The summed E-state index contributed by atoms with van der Waals surface area (Å²) in [6.07, 6.45) is 0.231. The van der Waals surface area contributed by atoms with Gasteiger partial charge in [-0.25, -0.2) is 0 Å². The Morgan fingerprint density at radius 2 is 1.43 bits per heavy atom. The van der Waals surface area contributed by atoms with Gasteiger partial charge in [-0.2, -0.15) is 0 Å². The number of benzene rings is 2. The van der Waals surface area contributed by atoms with Gasteiger partial charge in [0.05, 0.1) is 6.42 Å². The molecule has 2 aromatic carbocycles. The number of hydrogen-bond donors (Lipinski definition) is 1. The number of carbonyl (C=O) groups excluding carboxylic acids is 4. The fourth-order valence-electron chi connectivity index (χ4n) is 2.29. The number of carbonyl (C=O) groups is 4. The molecule has 0 unspecified atom stereocenters. The molecule has 0 fully saturated rings. The van der Waals surface area contributed by atoms with E-state index in [4.69, 9.17) is 16.3 Å². The van der Waals surface area contributed by atoms with Gasteiger partial charge in [-0.1, -0.05) is 18.5 Å². The minimum absolute atomic E-state index is 0.0134. The molecule has 0 spiro atoms. The lowest BCUT2D eigenvalue weighted by atomic mass is 10.1. The summed E-state index contributed by atoms with van der Waals surface area (Å²) >= 11 is 5.77. The van der Waals surface area contributed by atoms with Crippen molar-refractivity contribution in [2.24, 2.45) is 0 Å². The second-order valence-electron chi connectivity index (χ2n) is 5.99. The number of anilines is 1. The number of ether oxygens (including phenoxy) is 1. The number of hydrogen-bond acceptors (Lipinski definition) is 5. The number of amides is 1. The van der Waals surface area contributed by atoms with Gasteiger partial charge >= 0.3 is 5.97 Å². The van der Waals surface area contributed by atoms with Crippen LogP contribution in [0.15, 0.2) is 48.5 Å². The Balaban J connectivity index is 1.77. The Morgan fingerprint density at radius 3 is 2.04 bits per heavy atom. The van der Waals surface area contributed by atoms with Crippen molar-refractivity contribution in [2.45, 2.75) is 26.2 Å². The zero-order chi connectivity index (χ0) is 20.5. The molecule has 0 aliphatic rings. The first-order chi connectivity index (χ1) is 13.4. The van der Waals surface area contributed by atoms with E-state index < -0.39 is 12.6 Å². The van der Waals surface area contributed by atoms with Gasteiger partial charge in [0.15, 0.2) is 18.2 Å². The summed E-state index contributed by atoms with van der Waals surface area (Å²) in [5.74, 6) is -1.32. The van der Waals surface area contributed by atoms with Crippen LogP contribution in [0.4, 0.5) is 5.69 Å². The van der Waals surface area contributed by atoms with Crippen molar-refractivity contribution < 1.29 is 23.9 Å². The van der Waals surface area contributed by atoms with E-state index in [-0.39, 0.29) is 30.3 Å². The van der Waals surface area contributed by atoms with Crippen LogP contribution < -0.4 is 5.32 Å². The molecule has 0 heterocycles. The molecule has 0 aliphatic heterocycles. The van der Waals surface area contributed by atoms with Gasteiger partial charge in [0.2, 0.25) is 5.91 Å². The van der Waals surface area contributed by atoms with Crippen LogP contribution in [0.2, 0.25) is 5.02 Å². The van der Waals surface area contributed by atoms with Crippen LogP contribution in [0.3, 0.4) is 0 Å². The second kappa shape index (κ2) is 10.4. The Hall–Kier alpha value is -2.99. The minimum Gasteiger partial charge on any atom is -0.457 e.